The van der Waals surface area contributed by atoms with Gasteiger partial charge >= 0.3 is 5.97 Å². The van der Waals surface area contributed by atoms with Gasteiger partial charge in [-0.1, -0.05) is 13.8 Å². The molecule has 16 N–H and O–H groups in total. The molecule has 17 atom stereocenters. The maximum atomic E-state index is 14.5. The molecule has 4 heterocycles. The van der Waals surface area contributed by atoms with Crippen LogP contribution in [0.2, 0.25) is 0 Å². The van der Waals surface area contributed by atoms with Gasteiger partial charge in [0, 0.05) is 40.3 Å². The zero-order chi connectivity index (χ0) is 62.2. The van der Waals surface area contributed by atoms with E-state index in [2.05, 4.69) is 42.5 Å². The Balaban J connectivity index is 1.61. The van der Waals surface area contributed by atoms with Crippen molar-refractivity contribution < 1.29 is 107 Å². The largest absolute Gasteiger partial charge is 0.481 e. The molecule has 33 nitrogen and oxygen atoms in total. The van der Waals surface area contributed by atoms with Crippen molar-refractivity contribution in [2.24, 2.45) is 11.7 Å². The van der Waals surface area contributed by atoms with E-state index >= 15 is 0 Å². The molecular weight excluding hydrogens is 1110 g/mol. The van der Waals surface area contributed by atoms with Crippen LogP contribution in [0.4, 0.5) is 0 Å². The fraction of sp³-hybridized carbons (Fsp3) is 0.760. The van der Waals surface area contributed by atoms with Gasteiger partial charge in [-0.2, -0.15) is 0 Å². The van der Waals surface area contributed by atoms with Crippen molar-refractivity contribution in [1.29, 1.82) is 0 Å². The van der Waals surface area contributed by atoms with E-state index in [-0.39, 0.29) is 51.1 Å². The van der Waals surface area contributed by atoms with Crippen LogP contribution in [0, 0.1) is 5.92 Å². The summed E-state index contributed by atoms with van der Waals surface area (Å²) in [6.07, 6.45) is -15.2. The molecule has 4 fully saturated rings. The standard InChI is InChI=1S/C50H81N11O22/c1-21(2)16-28(58-43(74)27(55-24(5)63)12-13-35(68)69)44(75)54-22(3)48(79)61-15-9-11-30(61)46(77)59-36(47(78)53-18-34(67)60-14-8-10-29(60)45(76)52-17-33(51)66)23(4)81-50-38(57-26(7)65)42(73)40(71)32(83-50)20-80-49-37(56-25(6)64)41(72)39(70)31(19-62)82-49/h21-23,27-32,36-42,49-50,62,70-73H,8-20H2,1-7H3,(H2,51,66)(H,52,76)(H,53,78)(H,54,75)(H,55,63)(H,56,64)(H,57,65)(H,58,74)(H,59,77)(H,68,69)/t22-,23+,27-,28-,29-,30-,31+,32+,36-,37+,38+,39-,40-,41+,42+,49-,50-/m0/s1. The van der Waals surface area contributed by atoms with Gasteiger partial charge in [0.05, 0.1) is 32.4 Å². The molecule has 4 aliphatic heterocycles. The van der Waals surface area contributed by atoms with Gasteiger partial charge in [0.15, 0.2) is 12.6 Å². The third-order valence-electron chi connectivity index (χ3n) is 14.1. The minimum Gasteiger partial charge on any atom is -0.481 e. The van der Waals surface area contributed by atoms with Crippen molar-refractivity contribution in [3.8, 4) is 0 Å². The minimum absolute atomic E-state index is 0.0199. The summed E-state index contributed by atoms with van der Waals surface area (Å²) in [6, 6.07) is -11.2. The molecule has 0 unspecified atom stereocenters. The number of primary amides is 1. The number of amides is 11. The Hall–Kier alpha value is -6.72. The van der Waals surface area contributed by atoms with E-state index in [1.54, 1.807) is 13.8 Å². The predicted molar refractivity (Wildman–Crippen MR) is 280 cm³/mol. The summed E-state index contributed by atoms with van der Waals surface area (Å²) in [5.41, 5.74) is 5.16. The number of aliphatic hydroxyl groups excluding tert-OH is 5. The normalized spacial score (nSPS) is 27.8. The molecule has 0 saturated carbocycles. The smallest absolute Gasteiger partial charge is 0.303 e. The summed E-state index contributed by atoms with van der Waals surface area (Å²) in [5, 5.41) is 82.6. The lowest BCUT2D eigenvalue weighted by Crippen LogP contribution is -2.67. The number of nitrogens with zero attached hydrogens (tertiary/aromatic N) is 2. The molecule has 0 spiro atoms. The lowest BCUT2D eigenvalue weighted by Gasteiger charge is -2.45. The number of nitrogens with one attached hydrogen (secondary N) is 8. The molecule has 0 aliphatic carbocycles. The van der Waals surface area contributed by atoms with E-state index in [4.69, 9.17) is 24.7 Å². The average Bonchev–Trinajstić information content (AvgIpc) is 4.29. The number of aliphatic carboxylic acids is 1. The van der Waals surface area contributed by atoms with Crippen LogP contribution in [0.3, 0.4) is 0 Å². The van der Waals surface area contributed by atoms with Gasteiger partial charge in [-0.15, -0.1) is 0 Å². The van der Waals surface area contributed by atoms with Crippen molar-refractivity contribution in [3.63, 3.8) is 0 Å². The van der Waals surface area contributed by atoms with Gasteiger partial charge in [-0.25, -0.2) is 0 Å². The van der Waals surface area contributed by atoms with Crippen molar-refractivity contribution in [2.75, 3.05) is 39.4 Å². The summed E-state index contributed by atoms with van der Waals surface area (Å²) >= 11 is 0. The quantitative estimate of drug-likeness (QED) is 0.0346. The second-order valence-electron chi connectivity index (χ2n) is 21.3. The molecule has 0 aromatic heterocycles. The SMILES string of the molecule is CC(=O)N[C@H]1[C@@H](OC[C@H]2O[C@H](O[C@H](C)[C@H](NC(=O)[C@@H]3CCCN3C(=O)[C@H](C)NC(=O)[C@H](CC(C)C)NC(=O)[C@H](CCC(=O)O)NC(C)=O)C(=O)NCC(=O)N3CCC[C@H]3C(=O)NCC(N)=O)[C@H](NC(C)=O)[C@@H](O)[C@H]2O)O[C@H](CO)[C@H](O)[C@@H]1O. The zero-order valence-electron chi connectivity index (χ0n) is 47.3. The predicted octanol–water partition coefficient (Wildman–Crippen LogP) is -8.11. The first kappa shape index (κ1) is 68.8. The van der Waals surface area contributed by atoms with E-state index in [9.17, 15) is 88.2 Å². The van der Waals surface area contributed by atoms with Gasteiger partial charge in [-0.3, -0.25) is 57.5 Å². The highest BCUT2D eigenvalue weighted by Gasteiger charge is 2.50. The van der Waals surface area contributed by atoms with Gasteiger partial charge in [0.1, 0.15) is 85.0 Å². The number of ether oxygens (including phenoxy) is 4. The molecule has 4 aliphatic rings. The number of hydrogen-bond donors (Lipinski definition) is 15. The molecule has 0 radical (unpaired) electrons. The highest BCUT2D eigenvalue weighted by Crippen LogP contribution is 2.28. The third kappa shape index (κ3) is 19.7. The molecule has 33 heteroatoms. The highest BCUT2D eigenvalue weighted by molar-refractivity contribution is 5.97. The number of carbonyl (C=O) groups excluding carboxylic acids is 11. The molecule has 83 heavy (non-hydrogen) atoms. The topological polar surface area (TPSA) is 492 Å². The Morgan fingerprint density at radius 3 is 1.75 bits per heavy atom. The minimum atomic E-state index is -1.93. The van der Waals surface area contributed by atoms with Crippen LogP contribution >= 0.6 is 0 Å². The Bertz CT molecular complexity index is 2350. The van der Waals surface area contributed by atoms with Crippen LogP contribution < -0.4 is 48.3 Å². The average molecular weight is 1190 g/mol. The Morgan fingerprint density at radius 2 is 1.19 bits per heavy atom. The van der Waals surface area contributed by atoms with Crippen LogP contribution in [0.25, 0.3) is 0 Å². The lowest BCUT2D eigenvalue weighted by atomic mass is 9.96. The summed E-state index contributed by atoms with van der Waals surface area (Å²) in [5.74, 6) is -10.3. The number of carboxylic acid groups (broad SMARTS) is 1. The van der Waals surface area contributed by atoms with Gasteiger partial charge in [0.25, 0.3) is 0 Å². The van der Waals surface area contributed by atoms with Crippen molar-refractivity contribution >= 4 is 70.9 Å². The first-order valence-electron chi connectivity index (χ1n) is 27.2. The number of hydrogen-bond acceptors (Lipinski definition) is 21. The van der Waals surface area contributed by atoms with E-state index in [0.29, 0.717) is 6.42 Å². The maximum absolute atomic E-state index is 14.5. The number of carbonyl (C=O) groups is 12. The molecule has 0 bridgehead atoms. The number of aliphatic hydroxyl groups is 5. The van der Waals surface area contributed by atoms with Crippen LogP contribution in [-0.4, -0.2) is 254 Å². The first-order chi connectivity index (χ1) is 38.9. The Labute approximate surface area is 477 Å². The third-order valence-corrected chi connectivity index (χ3v) is 14.1. The maximum Gasteiger partial charge on any atom is 0.303 e. The van der Waals surface area contributed by atoms with Crippen molar-refractivity contribution in [2.45, 2.75) is 197 Å². The van der Waals surface area contributed by atoms with E-state index in [0.717, 1.165) is 25.7 Å². The Kier molecular flexibility index (Phi) is 26.4. The summed E-state index contributed by atoms with van der Waals surface area (Å²) in [6.45, 7) is 6.64. The van der Waals surface area contributed by atoms with Gasteiger partial charge < -0.3 is 108 Å². The molecule has 4 saturated heterocycles. The summed E-state index contributed by atoms with van der Waals surface area (Å²) in [4.78, 5) is 158. The second-order valence-corrected chi connectivity index (χ2v) is 21.3. The number of nitrogens with two attached hydrogens (primary N) is 1. The van der Waals surface area contributed by atoms with Crippen LogP contribution in [0.1, 0.15) is 93.4 Å². The fourth-order valence-electron chi connectivity index (χ4n) is 10.0. The summed E-state index contributed by atoms with van der Waals surface area (Å²) < 4.78 is 23.6. The second kappa shape index (κ2) is 31.8. The van der Waals surface area contributed by atoms with Gasteiger partial charge in [0.2, 0.25) is 65.0 Å². The lowest BCUT2D eigenvalue weighted by molar-refractivity contribution is -0.308. The molecule has 468 valence electrons. The van der Waals surface area contributed by atoms with Crippen LogP contribution in [-0.2, 0) is 76.5 Å². The number of rotatable bonds is 28. The van der Waals surface area contributed by atoms with Crippen LogP contribution in [0.15, 0.2) is 0 Å². The molecule has 0 aromatic rings. The number of likely N-dealkylation sites (tertiary alicyclic amines) is 2. The Morgan fingerprint density at radius 1 is 0.639 bits per heavy atom. The van der Waals surface area contributed by atoms with Crippen LogP contribution in [0.5, 0.6) is 0 Å². The van der Waals surface area contributed by atoms with Crippen molar-refractivity contribution in [1.82, 2.24) is 52.3 Å². The first-order valence-corrected chi connectivity index (χ1v) is 27.2. The van der Waals surface area contributed by atoms with Gasteiger partial charge in [-0.05, 0) is 58.3 Å². The molecular formula is C50H81N11O22. The highest BCUT2D eigenvalue weighted by atomic mass is 16.7. The zero-order valence-corrected chi connectivity index (χ0v) is 47.3. The molecule has 4 rings (SSSR count). The molecule has 0 aromatic carbocycles. The van der Waals surface area contributed by atoms with E-state index in [1.165, 1.54) is 18.7 Å². The van der Waals surface area contributed by atoms with E-state index in [1.807, 2.05) is 0 Å². The van der Waals surface area contributed by atoms with E-state index < -0.39 is 207 Å². The fourth-order valence-corrected chi connectivity index (χ4v) is 10.0. The van der Waals surface area contributed by atoms with Crippen molar-refractivity contribution in [3.05, 3.63) is 0 Å². The summed E-state index contributed by atoms with van der Waals surface area (Å²) in [7, 11) is 0. The molecule has 11 amide bonds. The number of carboxylic acids is 1. The monoisotopic (exact) mass is 1190 g/mol.